The van der Waals surface area contributed by atoms with Crippen molar-refractivity contribution < 1.29 is 5.11 Å². The number of hydrogen-bond acceptors (Lipinski definition) is 2. The fraction of sp³-hybridized carbons (Fsp3) is 0.250. The zero-order valence-electron chi connectivity index (χ0n) is 11.4. The molecule has 0 aromatic heterocycles. The van der Waals surface area contributed by atoms with E-state index in [9.17, 15) is 5.11 Å². The standard InChI is InChI=1S/C16H16Cl2OS/c1-10-5-13(8-19)6-11(2)16(10)20-9-12-3-4-14(17)15(18)7-12/h3-7,19H,8-9H2,1-2H3. The summed E-state index contributed by atoms with van der Waals surface area (Å²) in [4.78, 5) is 1.26. The fourth-order valence-electron chi connectivity index (χ4n) is 2.14. The zero-order chi connectivity index (χ0) is 14.7. The van der Waals surface area contributed by atoms with Crippen LogP contribution in [-0.2, 0) is 12.4 Å². The summed E-state index contributed by atoms with van der Waals surface area (Å²) in [5.74, 6) is 0.844. The van der Waals surface area contributed by atoms with E-state index in [2.05, 4.69) is 13.8 Å². The van der Waals surface area contributed by atoms with Crippen molar-refractivity contribution in [2.24, 2.45) is 0 Å². The Labute approximate surface area is 133 Å². The predicted octanol–water partition coefficient (Wildman–Crippen LogP) is 5.39. The smallest absolute Gasteiger partial charge is 0.0682 e. The van der Waals surface area contributed by atoms with Gasteiger partial charge in [-0.25, -0.2) is 0 Å². The summed E-state index contributed by atoms with van der Waals surface area (Å²) in [6.07, 6.45) is 0. The first-order valence-corrected chi connectivity index (χ1v) is 8.03. The van der Waals surface area contributed by atoms with Crippen molar-refractivity contribution in [2.45, 2.75) is 31.1 Å². The molecule has 20 heavy (non-hydrogen) atoms. The van der Waals surface area contributed by atoms with E-state index < -0.39 is 0 Å². The van der Waals surface area contributed by atoms with Crippen LogP contribution < -0.4 is 0 Å². The molecule has 0 saturated heterocycles. The highest BCUT2D eigenvalue weighted by Crippen LogP contribution is 2.32. The summed E-state index contributed by atoms with van der Waals surface area (Å²) in [6.45, 7) is 4.23. The van der Waals surface area contributed by atoms with Crippen LogP contribution in [0.15, 0.2) is 35.2 Å². The molecule has 0 radical (unpaired) electrons. The van der Waals surface area contributed by atoms with E-state index in [1.807, 2.05) is 30.3 Å². The van der Waals surface area contributed by atoms with Gasteiger partial charge in [0, 0.05) is 10.6 Å². The second kappa shape index (κ2) is 6.86. The molecule has 0 aliphatic heterocycles. The molecule has 0 unspecified atom stereocenters. The Morgan fingerprint density at radius 1 is 0.950 bits per heavy atom. The lowest BCUT2D eigenvalue weighted by Crippen LogP contribution is -1.92. The third-order valence-corrected chi connectivity index (χ3v) is 5.22. The number of benzene rings is 2. The SMILES string of the molecule is Cc1cc(CO)cc(C)c1SCc1ccc(Cl)c(Cl)c1. The molecule has 1 nitrogen and oxygen atoms in total. The van der Waals surface area contributed by atoms with Gasteiger partial charge in [0.2, 0.25) is 0 Å². The van der Waals surface area contributed by atoms with Crippen molar-refractivity contribution in [1.82, 2.24) is 0 Å². The van der Waals surface area contributed by atoms with Crippen molar-refractivity contribution in [2.75, 3.05) is 0 Å². The molecule has 0 aliphatic carbocycles. The molecule has 0 atom stereocenters. The van der Waals surface area contributed by atoms with E-state index in [1.165, 1.54) is 16.0 Å². The number of hydrogen-bond donors (Lipinski definition) is 1. The Balaban J connectivity index is 2.16. The minimum Gasteiger partial charge on any atom is -0.392 e. The summed E-state index contributed by atoms with van der Waals surface area (Å²) < 4.78 is 0. The number of aliphatic hydroxyl groups is 1. The van der Waals surface area contributed by atoms with Crippen molar-refractivity contribution in [3.05, 3.63) is 62.6 Å². The molecule has 0 amide bonds. The molecule has 4 heteroatoms. The molecule has 2 aromatic carbocycles. The van der Waals surface area contributed by atoms with Gasteiger partial charge in [-0.1, -0.05) is 41.4 Å². The van der Waals surface area contributed by atoms with E-state index in [-0.39, 0.29) is 6.61 Å². The second-order valence-corrected chi connectivity index (χ2v) is 6.55. The minimum absolute atomic E-state index is 0.0828. The molecular weight excluding hydrogens is 311 g/mol. The lowest BCUT2D eigenvalue weighted by Gasteiger charge is -2.12. The monoisotopic (exact) mass is 326 g/mol. The van der Waals surface area contributed by atoms with Crippen molar-refractivity contribution in [1.29, 1.82) is 0 Å². The Kier molecular flexibility index (Phi) is 5.39. The van der Waals surface area contributed by atoms with E-state index >= 15 is 0 Å². The molecule has 0 aliphatic rings. The van der Waals surface area contributed by atoms with Crippen LogP contribution in [0.2, 0.25) is 10.0 Å². The Hall–Kier alpha value is -0.670. The molecule has 2 rings (SSSR count). The molecule has 1 N–H and O–H groups in total. The van der Waals surface area contributed by atoms with Crippen LogP contribution in [0.5, 0.6) is 0 Å². The highest BCUT2D eigenvalue weighted by molar-refractivity contribution is 7.98. The zero-order valence-corrected chi connectivity index (χ0v) is 13.7. The molecular formula is C16H16Cl2OS. The lowest BCUT2D eigenvalue weighted by atomic mass is 10.1. The predicted molar refractivity (Wildman–Crippen MR) is 87.9 cm³/mol. The largest absolute Gasteiger partial charge is 0.392 e. The van der Waals surface area contributed by atoms with Gasteiger partial charge in [-0.05, 0) is 48.2 Å². The Bertz CT molecular complexity index is 603. The maximum atomic E-state index is 9.21. The van der Waals surface area contributed by atoms with Gasteiger partial charge >= 0.3 is 0 Å². The Morgan fingerprint density at radius 3 is 2.15 bits per heavy atom. The molecule has 0 fully saturated rings. The summed E-state index contributed by atoms with van der Waals surface area (Å²) >= 11 is 13.7. The van der Waals surface area contributed by atoms with Crippen LogP contribution in [0.25, 0.3) is 0 Å². The third kappa shape index (κ3) is 3.70. The highest BCUT2D eigenvalue weighted by atomic mass is 35.5. The molecule has 0 bridgehead atoms. The van der Waals surface area contributed by atoms with E-state index in [1.54, 1.807) is 11.8 Å². The number of thioether (sulfide) groups is 1. The topological polar surface area (TPSA) is 20.2 Å². The van der Waals surface area contributed by atoms with E-state index in [4.69, 9.17) is 23.2 Å². The molecule has 0 heterocycles. The summed E-state index contributed by atoms with van der Waals surface area (Å²) in [7, 11) is 0. The van der Waals surface area contributed by atoms with Gasteiger partial charge in [-0.15, -0.1) is 11.8 Å². The van der Waals surface area contributed by atoms with E-state index in [0.29, 0.717) is 10.0 Å². The highest BCUT2D eigenvalue weighted by Gasteiger charge is 2.07. The van der Waals surface area contributed by atoms with Gasteiger partial charge in [-0.3, -0.25) is 0 Å². The van der Waals surface area contributed by atoms with Crippen LogP contribution in [-0.4, -0.2) is 5.11 Å². The number of aryl methyl sites for hydroxylation is 2. The molecule has 106 valence electrons. The third-order valence-electron chi connectivity index (χ3n) is 3.07. The van der Waals surface area contributed by atoms with Crippen molar-refractivity contribution in [3.8, 4) is 0 Å². The van der Waals surface area contributed by atoms with E-state index in [0.717, 1.165) is 16.9 Å². The summed E-state index contributed by atoms with van der Waals surface area (Å²) in [5, 5.41) is 10.4. The molecule has 0 spiro atoms. The molecule has 0 saturated carbocycles. The van der Waals surface area contributed by atoms with Crippen molar-refractivity contribution in [3.63, 3.8) is 0 Å². The van der Waals surface area contributed by atoms with Crippen LogP contribution in [0.1, 0.15) is 22.3 Å². The first-order valence-electron chi connectivity index (χ1n) is 6.29. The van der Waals surface area contributed by atoms with Crippen LogP contribution in [0.3, 0.4) is 0 Å². The number of aliphatic hydroxyl groups excluding tert-OH is 1. The average molecular weight is 327 g/mol. The second-order valence-electron chi connectivity index (χ2n) is 4.75. The first-order chi connectivity index (χ1) is 9.51. The maximum Gasteiger partial charge on any atom is 0.0682 e. The quantitative estimate of drug-likeness (QED) is 0.759. The van der Waals surface area contributed by atoms with Gasteiger partial charge in [0.1, 0.15) is 0 Å². The number of rotatable bonds is 4. The van der Waals surface area contributed by atoms with Gasteiger partial charge in [0.15, 0.2) is 0 Å². The normalized spacial score (nSPS) is 10.8. The number of halogens is 2. The van der Waals surface area contributed by atoms with Crippen LogP contribution >= 0.6 is 35.0 Å². The van der Waals surface area contributed by atoms with Gasteiger partial charge in [0.25, 0.3) is 0 Å². The van der Waals surface area contributed by atoms with Gasteiger partial charge < -0.3 is 5.11 Å². The fourth-order valence-corrected chi connectivity index (χ4v) is 3.53. The summed E-state index contributed by atoms with van der Waals surface area (Å²) in [5.41, 5.74) is 4.49. The minimum atomic E-state index is 0.0828. The lowest BCUT2D eigenvalue weighted by molar-refractivity contribution is 0.281. The van der Waals surface area contributed by atoms with Crippen molar-refractivity contribution >= 4 is 35.0 Å². The van der Waals surface area contributed by atoms with Gasteiger partial charge in [0.05, 0.1) is 16.7 Å². The summed E-state index contributed by atoms with van der Waals surface area (Å²) in [6, 6.07) is 9.79. The Morgan fingerprint density at radius 2 is 1.60 bits per heavy atom. The van der Waals surface area contributed by atoms with Gasteiger partial charge in [-0.2, -0.15) is 0 Å². The van der Waals surface area contributed by atoms with Crippen LogP contribution in [0.4, 0.5) is 0 Å². The maximum absolute atomic E-state index is 9.21. The van der Waals surface area contributed by atoms with Crippen LogP contribution in [0, 0.1) is 13.8 Å². The average Bonchev–Trinajstić information content (AvgIpc) is 2.41. The first kappa shape index (κ1) is 15.7. The molecule has 2 aromatic rings.